The van der Waals surface area contributed by atoms with Crippen LogP contribution in [0.4, 0.5) is 5.95 Å². The van der Waals surface area contributed by atoms with E-state index in [-0.39, 0.29) is 11.6 Å². The van der Waals surface area contributed by atoms with Crippen LogP contribution in [0.5, 0.6) is 0 Å². The van der Waals surface area contributed by atoms with Crippen LogP contribution in [0.3, 0.4) is 0 Å². The molecule has 0 radical (unpaired) electrons. The molecule has 1 aliphatic heterocycles. The Bertz CT molecular complexity index is 800. The van der Waals surface area contributed by atoms with Gasteiger partial charge >= 0.3 is 0 Å². The van der Waals surface area contributed by atoms with Gasteiger partial charge in [0, 0.05) is 5.38 Å². The lowest BCUT2D eigenvalue weighted by molar-refractivity contribution is -0.0847. The molecule has 23 heavy (non-hydrogen) atoms. The van der Waals surface area contributed by atoms with E-state index in [1.165, 1.54) is 24.0 Å². The Kier molecular flexibility index (Phi) is 3.87. The molecule has 3 rings (SSSR count). The summed E-state index contributed by atoms with van der Waals surface area (Å²) >= 11 is 5.41. The predicted octanol–water partition coefficient (Wildman–Crippen LogP) is -1.02. The molecule has 9 nitrogen and oxygen atoms in total. The van der Waals surface area contributed by atoms with Gasteiger partial charge in [0.05, 0.1) is 18.6 Å². The van der Waals surface area contributed by atoms with Gasteiger partial charge in [0.2, 0.25) is 11.5 Å². The second-order valence-electron chi connectivity index (χ2n) is 5.27. The number of aliphatic hydroxyl groups is 3. The molecule has 0 saturated carbocycles. The highest BCUT2D eigenvalue weighted by Gasteiger charge is 2.57. The molecule has 3 heterocycles. The van der Waals surface area contributed by atoms with Gasteiger partial charge in [0.1, 0.15) is 17.7 Å². The average Bonchev–Trinajstić information content (AvgIpc) is 3.00. The minimum absolute atomic E-state index is 0.0110. The van der Waals surface area contributed by atoms with Gasteiger partial charge in [0.25, 0.3) is 0 Å². The number of imidazole rings is 1. The molecule has 2 aromatic heterocycles. The summed E-state index contributed by atoms with van der Waals surface area (Å²) in [6, 6.07) is 0. The second kappa shape index (κ2) is 5.59. The lowest BCUT2D eigenvalue weighted by Crippen LogP contribution is -2.47. The summed E-state index contributed by atoms with van der Waals surface area (Å²) in [5.74, 6) is 2.35. The maximum atomic E-state index is 10.8. The number of aromatic nitrogens is 4. The highest BCUT2D eigenvalue weighted by Crippen LogP contribution is 2.40. The van der Waals surface area contributed by atoms with Crippen LogP contribution in [0.1, 0.15) is 13.2 Å². The monoisotopic (exact) mass is 339 g/mol. The van der Waals surface area contributed by atoms with Crippen molar-refractivity contribution < 1.29 is 20.1 Å². The Morgan fingerprint density at radius 2 is 2.26 bits per heavy atom. The van der Waals surface area contributed by atoms with Crippen molar-refractivity contribution in [2.45, 2.75) is 37.1 Å². The summed E-state index contributed by atoms with van der Waals surface area (Å²) in [5.41, 5.74) is 4.22. The third-order valence-corrected chi connectivity index (χ3v) is 3.83. The molecule has 0 spiro atoms. The van der Waals surface area contributed by atoms with E-state index in [0.717, 1.165) is 0 Å². The van der Waals surface area contributed by atoms with Crippen molar-refractivity contribution in [1.82, 2.24) is 19.5 Å². The number of ether oxygens (including phenoxy) is 1. The summed E-state index contributed by atoms with van der Waals surface area (Å²) in [5, 5.41) is 32.9. The summed E-state index contributed by atoms with van der Waals surface area (Å²) in [6.45, 7) is 1.43. The lowest BCUT2D eigenvalue weighted by Gasteiger charge is -2.26. The summed E-state index contributed by atoms with van der Waals surface area (Å²) in [7, 11) is 0. The van der Waals surface area contributed by atoms with Crippen molar-refractivity contribution in [3.05, 3.63) is 12.5 Å². The molecule has 0 amide bonds. The summed E-state index contributed by atoms with van der Waals surface area (Å²) in [6.07, 6.45) is -2.04. The SMILES string of the molecule is C[C@H](O)[C@H]1O[C@@H](n2cnc3cnc(N)nc32)[C@@](O)(C#CCl)C1O. The molecule has 0 aromatic carbocycles. The molecule has 5 atom stereocenters. The number of hydrogen-bond acceptors (Lipinski definition) is 8. The minimum atomic E-state index is -2.06. The van der Waals surface area contributed by atoms with Crippen LogP contribution in [-0.2, 0) is 4.74 Å². The second-order valence-corrected chi connectivity index (χ2v) is 5.46. The zero-order chi connectivity index (χ0) is 16.8. The van der Waals surface area contributed by atoms with Crippen molar-refractivity contribution in [2.24, 2.45) is 0 Å². The number of rotatable bonds is 2. The molecular weight excluding hydrogens is 326 g/mol. The first-order valence-corrected chi connectivity index (χ1v) is 7.08. The van der Waals surface area contributed by atoms with Crippen LogP contribution in [0.2, 0.25) is 0 Å². The molecule has 1 unspecified atom stereocenters. The zero-order valence-electron chi connectivity index (χ0n) is 12.0. The smallest absolute Gasteiger partial charge is 0.222 e. The standard InChI is InChI=1S/C13H14ClN5O4/c1-6(20)8-9(21)13(22,2-3-14)11(23-8)19-5-17-7-4-16-12(15)18-10(7)19/h4-6,8-9,11,20-22H,1H3,(H2,15,16,18)/t6-,8+,9?,11+,13+/m0/s1. The van der Waals surface area contributed by atoms with E-state index in [2.05, 4.69) is 26.3 Å². The fraction of sp³-hybridized carbons (Fsp3) is 0.462. The zero-order valence-corrected chi connectivity index (χ0v) is 12.7. The van der Waals surface area contributed by atoms with Crippen LogP contribution in [0, 0.1) is 11.3 Å². The molecule has 122 valence electrons. The lowest BCUT2D eigenvalue weighted by atomic mass is 9.93. The molecule has 1 fully saturated rings. The van der Waals surface area contributed by atoms with E-state index in [4.69, 9.17) is 22.1 Å². The molecule has 0 bridgehead atoms. The maximum Gasteiger partial charge on any atom is 0.222 e. The number of hydrogen-bond donors (Lipinski definition) is 4. The van der Waals surface area contributed by atoms with Gasteiger partial charge in [-0.15, -0.1) is 0 Å². The highest BCUT2D eigenvalue weighted by atomic mass is 35.5. The van der Waals surface area contributed by atoms with Crippen LogP contribution >= 0.6 is 11.6 Å². The number of anilines is 1. The number of fused-ring (bicyclic) bond motifs is 1. The van der Waals surface area contributed by atoms with E-state index in [0.29, 0.717) is 5.52 Å². The number of nitrogens with two attached hydrogens (primary N) is 1. The highest BCUT2D eigenvalue weighted by molar-refractivity contribution is 6.30. The van der Waals surface area contributed by atoms with E-state index in [1.807, 2.05) is 0 Å². The molecule has 5 N–H and O–H groups in total. The van der Waals surface area contributed by atoms with Gasteiger partial charge in [-0.05, 0) is 24.4 Å². The normalized spacial score (nSPS) is 31.8. The Hall–Kier alpha value is -1.96. The first kappa shape index (κ1) is 15.9. The van der Waals surface area contributed by atoms with Gasteiger partial charge in [-0.3, -0.25) is 4.57 Å². The molecule has 10 heteroatoms. The van der Waals surface area contributed by atoms with Gasteiger partial charge in [-0.25, -0.2) is 9.97 Å². The van der Waals surface area contributed by atoms with E-state index >= 15 is 0 Å². The Balaban J connectivity index is 2.14. The number of halogens is 1. The third kappa shape index (κ3) is 2.41. The van der Waals surface area contributed by atoms with Crippen molar-refractivity contribution in [3.63, 3.8) is 0 Å². The van der Waals surface area contributed by atoms with Gasteiger partial charge in [-0.2, -0.15) is 4.98 Å². The van der Waals surface area contributed by atoms with Crippen molar-refractivity contribution >= 4 is 28.7 Å². The maximum absolute atomic E-state index is 10.8. The summed E-state index contributed by atoms with van der Waals surface area (Å²) < 4.78 is 6.97. The Labute approximate surface area is 135 Å². The van der Waals surface area contributed by atoms with Crippen LogP contribution < -0.4 is 5.73 Å². The predicted molar refractivity (Wildman–Crippen MR) is 79.9 cm³/mol. The van der Waals surface area contributed by atoms with Crippen molar-refractivity contribution in [3.8, 4) is 11.3 Å². The fourth-order valence-corrected chi connectivity index (χ4v) is 2.75. The molecule has 1 saturated heterocycles. The largest absolute Gasteiger partial charge is 0.391 e. The Morgan fingerprint density at radius 3 is 2.91 bits per heavy atom. The van der Waals surface area contributed by atoms with E-state index in [1.54, 1.807) is 0 Å². The van der Waals surface area contributed by atoms with Gasteiger partial charge in [0.15, 0.2) is 11.9 Å². The minimum Gasteiger partial charge on any atom is -0.391 e. The van der Waals surface area contributed by atoms with Crippen molar-refractivity contribution in [1.29, 1.82) is 0 Å². The Morgan fingerprint density at radius 1 is 1.52 bits per heavy atom. The number of aliphatic hydroxyl groups excluding tert-OH is 2. The molecule has 1 aliphatic rings. The van der Waals surface area contributed by atoms with Crippen LogP contribution in [0.15, 0.2) is 12.5 Å². The van der Waals surface area contributed by atoms with Crippen molar-refractivity contribution in [2.75, 3.05) is 5.73 Å². The summed E-state index contributed by atoms with van der Waals surface area (Å²) in [4.78, 5) is 12.0. The molecule has 2 aromatic rings. The number of nitrogens with zero attached hydrogens (tertiary/aromatic N) is 4. The first-order chi connectivity index (χ1) is 10.9. The van der Waals surface area contributed by atoms with E-state index < -0.39 is 30.1 Å². The topological polar surface area (TPSA) is 140 Å². The average molecular weight is 340 g/mol. The van der Waals surface area contributed by atoms with Gasteiger partial charge in [-0.1, -0.05) is 0 Å². The van der Waals surface area contributed by atoms with E-state index in [9.17, 15) is 15.3 Å². The first-order valence-electron chi connectivity index (χ1n) is 6.70. The molecule has 0 aliphatic carbocycles. The quantitative estimate of drug-likeness (QED) is 0.510. The number of nitrogen functional groups attached to an aromatic ring is 1. The molecular formula is C13H14ClN5O4. The van der Waals surface area contributed by atoms with Crippen LogP contribution in [0.25, 0.3) is 11.2 Å². The van der Waals surface area contributed by atoms with Crippen LogP contribution in [-0.4, -0.2) is 58.8 Å². The fourth-order valence-electron chi connectivity index (χ4n) is 2.60. The van der Waals surface area contributed by atoms with Gasteiger partial charge < -0.3 is 25.8 Å². The third-order valence-electron chi connectivity index (χ3n) is 3.73.